The standard InChI is InChI=1S/C16H19NO3S/c18-15(17-8-3-5-12(10-17)16(19)20)14-13-6-2-1-4-11(13)7-9-21-14/h1-2,4,6,12,14H,3,5,7-10H2,(H,19,20)/t12-,14-/m1/s1. The minimum Gasteiger partial charge on any atom is -0.481 e. The summed E-state index contributed by atoms with van der Waals surface area (Å²) in [6.07, 6.45) is 2.46. The van der Waals surface area contributed by atoms with Gasteiger partial charge in [0.15, 0.2) is 0 Å². The van der Waals surface area contributed by atoms with Gasteiger partial charge in [0.25, 0.3) is 0 Å². The number of fused-ring (bicyclic) bond motifs is 1. The number of carboxylic acids is 1. The molecule has 5 heteroatoms. The Hall–Kier alpha value is -1.49. The van der Waals surface area contributed by atoms with Crippen molar-refractivity contribution in [1.29, 1.82) is 0 Å². The highest BCUT2D eigenvalue weighted by Crippen LogP contribution is 2.38. The molecule has 112 valence electrons. The SMILES string of the molecule is O=C(O)[C@@H]1CCCN(C(=O)[C@@H]2SCCc3ccccc32)C1. The lowest BCUT2D eigenvalue weighted by Gasteiger charge is -2.35. The molecule has 2 aliphatic heterocycles. The first-order valence-corrected chi connectivity index (χ1v) is 8.42. The van der Waals surface area contributed by atoms with Gasteiger partial charge in [-0.05, 0) is 36.1 Å². The maximum atomic E-state index is 12.8. The lowest BCUT2D eigenvalue weighted by Crippen LogP contribution is -2.44. The summed E-state index contributed by atoms with van der Waals surface area (Å²) in [7, 11) is 0. The Kier molecular flexibility index (Phi) is 4.19. The van der Waals surface area contributed by atoms with Crippen LogP contribution < -0.4 is 0 Å². The molecule has 2 aliphatic rings. The molecule has 21 heavy (non-hydrogen) atoms. The number of likely N-dealkylation sites (tertiary alicyclic amines) is 1. The smallest absolute Gasteiger partial charge is 0.308 e. The molecule has 1 fully saturated rings. The van der Waals surface area contributed by atoms with Crippen molar-refractivity contribution < 1.29 is 14.7 Å². The first-order valence-electron chi connectivity index (χ1n) is 7.38. The zero-order valence-electron chi connectivity index (χ0n) is 11.8. The van der Waals surface area contributed by atoms with Crippen molar-refractivity contribution in [3.05, 3.63) is 35.4 Å². The molecule has 2 heterocycles. The second kappa shape index (κ2) is 6.10. The monoisotopic (exact) mass is 305 g/mol. The van der Waals surface area contributed by atoms with Gasteiger partial charge in [-0.1, -0.05) is 24.3 Å². The van der Waals surface area contributed by atoms with Crippen LogP contribution in [-0.4, -0.2) is 40.7 Å². The molecular formula is C16H19NO3S. The third-order valence-corrected chi connectivity index (χ3v) is 5.53. The number of carbonyl (C=O) groups excluding carboxylic acids is 1. The summed E-state index contributed by atoms with van der Waals surface area (Å²) < 4.78 is 0. The first kappa shape index (κ1) is 14.4. The predicted molar refractivity (Wildman–Crippen MR) is 82.3 cm³/mol. The number of amides is 1. The molecule has 3 rings (SSSR count). The molecule has 0 unspecified atom stereocenters. The molecule has 4 nitrogen and oxygen atoms in total. The number of benzene rings is 1. The van der Waals surface area contributed by atoms with Gasteiger partial charge in [0, 0.05) is 13.1 Å². The maximum Gasteiger partial charge on any atom is 0.308 e. The molecule has 1 amide bonds. The zero-order valence-corrected chi connectivity index (χ0v) is 12.6. The Morgan fingerprint density at radius 2 is 2.10 bits per heavy atom. The molecular weight excluding hydrogens is 286 g/mol. The number of thioether (sulfide) groups is 1. The molecule has 1 N–H and O–H groups in total. The molecule has 0 saturated carbocycles. The molecule has 0 aliphatic carbocycles. The molecule has 1 saturated heterocycles. The summed E-state index contributed by atoms with van der Waals surface area (Å²) in [4.78, 5) is 25.7. The summed E-state index contributed by atoms with van der Waals surface area (Å²) in [6, 6.07) is 8.10. The van der Waals surface area contributed by atoms with Crippen LogP contribution in [0, 0.1) is 5.92 Å². The van der Waals surface area contributed by atoms with E-state index in [9.17, 15) is 9.59 Å². The van der Waals surface area contributed by atoms with E-state index in [1.807, 2.05) is 18.2 Å². The average Bonchev–Trinajstić information content (AvgIpc) is 2.53. The number of aryl methyl sites for hydroxylation is 1. The highest BCUT2D eigenvalue weighted by molar-refractivity contribution is 8.00. The molecule has 0 radical (unpaired) electrons. The fourth-order valence-electron chi connectivity index (χ4n) is 3.14. The second-order valence-corrected chi connectivity index (χ2v) is 6.87. The van der Waals surface area contributed by atoms with Gasteiger partial charge < -0.3 is 10.0 Å². The molecule has 1 aromatic rings. The Morgan fingerprint density at radius 3 is 2.90 bits per heavy atom. The minimum atomic E-state index is -0.788. The molecule has 2 atom stereocenters. The number of aliphatic carboxylic acids is 1. The lowest BCUT2D eigenvalue weighted by molar-refractivity contribution is -0.145. The van der Waals surface area contributed by atoms with E-state index >= 15 is 0 Å². The third kappa shape index (κ3) is 2.93. The van der Waals surface area contributed by atoms with E-state index in [-0.39, 0.29) is 11.2 Å². The number of hydrogen-bond acceptors (Lipinski definition) is 3. The second-order valence-electron chi connectivity index (χ2n) is 5.66. The Bertz CT molecular complexity index is 560. The van der Waals surface area contributed by atoms with Crippen molar-refractivity contribution >= 4 is 23.6 Å². The van der Waals surface area contributed by atoms with E-state index < -0.39 is 11.9 Å². The fourth-order valence-corrected chi connectivity index (χ4v) is 4.42. The molecule has 1 aromatic carbocycles. The Morgan fingerprint density at radius 1 is 1.29 bits per heavy atom. The lowest BCUT2D eigenvalue weighted by atomic mass is 9.96. The van der Waals surface area contributed by atoms with E-state index in [1.165, 1.54) is 5.56 Å². The molecule has 0 aromatic heterocycles. The van der Waals surface area contributed by atoms with Gasteiger partial charge >= 0.3 is 5.97 Å². The van der Waals surface area contributed by atoms with E-state index in [0.717, 1.165) is 24.2 Å². The van der Waals surface area contributed by atoms with Crippen molar-refractivity contribution in [3.63, 3.8) is 0 Å². The zero-order chi connectivity index (χ0) is 14.8. The summed E-state index contributed by atoms with van der Waals surface area (Å²) in [5.41, 5.74) is 2.36. The van der Waals surface area contributed by atoms with Crippen LogP contribution in [0.3, 0.4) is 0 Å². The first-order chi connectivity index (χ1) is 10.2. The molecule has 0 bridgehead atoms. The highest BCUT2D eigenvalue weighted by atomic mass is 32.2. The van der Waals surface area contributed by atoms with Gasteiger partial charge in [0.1, 0.15) is 5.25 Å². The minimum absolute atomic E-state index is 0.0816. The van der Waals surface area contributed by atoms with Crippen LogP contribution in [0.25, 0.3) is 0 Å². The topological polar surface area (TPSA) is 57.6 Å². The van der Waals surface area contributed by atoms with Crippen molar-refractivity contribution in [1.82, 2.24) is 4.90 Å². The number of carboxylic acid groups (broad SMARTS) is 1. The average molecular weight is 305 g/mol. The van der Waals surface area contributed by atoms with Gasteiger partial charge in [0.05, 0.1) is 5.92 Å². The Labute approximate surface area is 128 Å². The summed E-state index contributed by atoms with van der Waals surface area (Å²) in [5, 5.41) is 9.00. The highest BCUT2D eigenvalue weighted by Gasteiger charge is 2.34. The van der Waals surface area contributed by atoms with Crippen LogP contribution in [0.4, 0.5) is 0 Å². The predicted octanol–water partition coefficient (Wildman–Crippen LogP) is 2.34. The van der Waals surface area contributed by atoms with Crippen LogP contribution in [0.5, 0.6) is 0 Å². The van der Waals surface area contributed by atoms with Gasteiger partial charge in [-0.3, -0.25) is 9.59 Å². The number of hydrogen-bond donors (Lipinski definition) is 1. The summed E-state index contributed by atoms with van der Waals surface area (Å²) in [6.45, 7) is 1.04. The van der Waals surface area contributed by atoms with Crippen LogP contribution in [-0.2, 0) is 16.0 Å². The van der Waals surface area contributed by atoms with Gasteiger partial charge in [-0.15, -0.1) is 11.8 Å². The van der Waals surface area contributed by atoms with Crippen LogP contribution in [0.15, 0.2) is 24.3 Å². The van der Waals surface area contributed by atoms with E-state index in [4.69, 9.17) is 5.11 Å². The Balaban J connectivity index is 1.78. The van der Waals surface area contributed by atoms with Gasteiger partial charge in [-0.25, -0.2) is 0 Å². The van der Waals surface area contributed by atoms with Crippen molar-refractivity contribution in [2.75, 3.05) is 18.8 Å². The quantitative estimate of drug-likeness (QED) is 0.911. The van der Waals surface area contributed by atoms with Crippen molar-refractivity contribution in [2.24, 2.45) is 5.92 Å². The fraction of sp³-hybridized carbons (Fsp3) is 0.500. The molecule has 0 spiro atoms. The van der Waals surface area contributed by atoms with Crippen molar-refractivity contribution in [2.45, 2.75) is 24.5 Å². The van der Waals surface area contributed by atoms with Gasteiger partial charge in [0.2, 0.25) is 5.91 Å². The number of nitrogens with zero attached hydrogens (tertiary/aromatic N) is 1. The number of carbonyl (C=O) groups is 2. The summed E-state index contributed by atoms with van der Waals surface area (Å²) >= 11 is 1.68. The van der Waals surface area contributed by atoms with E-state index in [2.05, 4.69) is 6.07 Å². The largest absolute Gasteiger partial charge is 0.481 e. The van der Waals surface area contributed by atoms with E-state index in [1.54, 1.807) is 16.7 Å². The van der Waals surface area contributed by atoms with Crippen LogP contribution in [0.2, 0.25) is 0 Å². The van der Waals surface area contributed by atoms with E-state index in [0.29, 0.717) is 19.5 Å². The normalized spacial score (nSPS) is 25.2. The van der Waals surface area contributed by atoms with Crippen LogP contribution in [0.1, 0.15) is 29.2 Å². The summed E-state index contributed by atoms with van der Waals surface area (Å²) in [5.74, 6) is -0.169. The number of piperidine rings is 1. The van der Waals surface area contributed by atoms with Gasteiger partial charge in [-0.2, -0.15) is 0 Å². The van der Waals surface area contributed by atoms with Crippen molar-refractivity contribution in [3.8, 4) is 0 Å². The third-order valence-electron chi connectivity index (χ3n) is 4.30. The number of rotatable bonds is 2. The van der Waals surface area contributed by atoms with Crippen LogP contribution >= 0.6 is 11.8 Å². The maximum absolute atomic E-state index is 12.8.